The van der Waals surface area contributed by atoms with Crippen molar-refractivity contribution >= 4 is 23.2 Å². The maximum atomic E-state index is 12.0. The molecule has 0 saturated heterocycles. The van der Waals surface area contributed by atoms with Gasteiger partial charge in [0.1, 0.15) is 0 Å². The number of aryl methyl sites for hydroxylation is 1. The molecule has 0 unspecified atom stereocenters. The van der Waals surface area contributed by atoms with Crippen molar-refractivity contribution in [2.75, 3.05) is 10.6 Å². The number of carbonyl (C=O) groups is 2. The number of rotatable bonds is 3. The van der Waals surface area contributed by atoms with Gasteiger partial charge >= 0.3 is 0 Å². The zero-order valence-electron chi connectivity index (χ0n) is 11.6. The molecule has 6 nitrogen and oxygen atoms in total. The molecule has 0 saturated carbocycles. The number of hydrogen-bond acceptors (Lipinski definition) is 3. The van der Waals surface area contributed by atoms with Crippen LogP contribution in [0.4, 0.5) is 11.4 Å². The Morgan fingerprint density at radius 2 is 1.60 bits per heavy atom. The number of H-pyrrole nitrogens is 1. The molecule has 0 spiro atoms. The first-order valence-corrected chi connectivity index (χ1v) is 6.18. The minimum Gasteiger partial charge on any atom is -0.326 e. The molecular formula is C14H16N4O2. The van der Waals surface area contributed by atoms with Crippen molar-refractivity contribution in [3.05, 3.63) is 41.2 Å². The van der Waals surface area contributed by atoms with E-state index in [0.29, 0.717) is 17.1 Å². The van der Waals surface area contributed by atoms with Crippen LogP contribution in [0, 0.1) is 13.8 Å². The van der Waals surface area contributed by atoms with Crippen molar-refractivity contribution in [1.29, 1.82) is 0 Å². The summed E-state index contributed by atoms with van der Waals surface area (Å²) in [5.74, 6) is -0.400. The lowest BCUT2D eigenvalue weighted by molar-refractivity contribution is -0.114. The first kappa shape index (κ1) is 13.8. The lowest BCUT2D eigenvalue weighted by Crippen LogP contribution is -2.13. The van der Waals surface area contributed by atoms with Crippen LogP contribution in [-0.2, 0) is 4.79 Å². The van der Waals surface area contributed by atoms with Gasteiger partial charge in [0.15, 0.2) is 5.69 Å². The number of nitrogens with one attached hydrogen (secondary N) is 3. The van der Waals surface area contributed by atoms with Crippen molar-refractivity contribution in [3.8, 4) is 0 Å². The van der Waals surface area contributed by atoms with Crippen LogP contribution in [0.5, 0.6) is 0 Å². The highest BCUT2D eigenvalue weighted by molar-refractivity contribution is 6.04. The Labute approximate surface area is 116 Å². The summed E-state index contributed by atoms with van der Waals surface area (Å²) in [5, 5.41) is 12.2. The normalized spacial score (nSPS) is 10.2. The van der Waals surface area contributed by atoms with Gasteiger partial charge in [0.05, 0.1) is 0 Å². The summed E-state index contributed by atoms with van der Waals surface area (Å²) in [6.45, 7) is 5.15. The van der Waals surface area contributed by atoms with Crippen LogP contribution in [0.3, 0.4) is 0 Å². The minimum absolute atomic E-state index is 0.135. The van der Waals surface area contributed by atoms with Crippen molar-refractivity contribution in [2.45, 2.75) is 20.8 Å². The third kappa shape index (κ3) is 3.03. The Bertz CT molecular complexity index is 644. The lowest BCUT2D eigenvalue weighted by atomic mass is 10.2. The standard InChI is InChI=1S/C14H16N4O2/c1-8-9(2)17-18-13(8)14(20)16-12-6-4-11(5-7-12)15-10(3)19/h4-7H,1-3H3,(H,15,19)(H,16,20)(H,17,18). The highest BCUT2D eigenvalue weighted by Gasteiger charge is 2.14. The van der Waals surface area contributed by atoms with Crippen LogP contribution < -0.4 is 10.6 Å². The van der Waals surface area contributed by atoms with E-state index in [1.807, 2.05) is 13.8 Å². The van der Waals surface area contributed by atoms with Gasteiger partial charge in [-0.1, -0.05) is 0 Å². The van der Waals surface area contributed by atoms with Gasteiger partial charge in [-0.25, -0.2) is 0 Å². The van der Waals surface area contributed by atoms with Gasteiger partial charge in [-0.15, -0.1) is 0 Å². The predicted octanol–water partition coefficient (Wildman–Crippen LogP) is 2.24. The van der Waals surface area contributed by atoms with Crippen molar-refractivity contribution in [1.82, 2.24) is 10.2 Å². The molecule has 2 rings (SSSR count). The summed E-state index contributed by atoms with van der Waals surface area (Å²) in [7, 11) is 0. The van der Waals surface area contributed by atoms with Crippen LogP contribution in [0.15, 0.2) is 24.3 Å². The van der Waals surface area contributed by atoms with Crippen molar-refractivity contribution < 1.29 is 9.59 Å². The number of nitrogens with zero attached hydrogens (tertiary/aromatic N) is 1. The molecule has 2 aromatic rings. The molecule has 0 fully saturated rings. The molecule has 1 heterocycles. The third-order valence-electron chi connectivity index (χ3n) is 2.93. The molecule has 0 aliphatic rings. The maximum absolute atomic E-state index is 12.0. The second kappa shape index (κ2) is 5.56. The monoisotopic (exact) mass is 272 g/mol. The highest BCUT2D eigenvalue weighted by Crippen LogP contribution is 2.15. The third-order valence-corrected chi connectivity index (χ3v) is 2.93. The number of hydrogen-bond donors (Lipinski definition) is 3. The fourth-order valence-corrected chi connectivity index (χ4v) is 1.74. The number of anilines is 2. The van der Waals surface area contributed by atoms with Gasteiger partial charge in [-0.2, -0.15) is 5.10 Å². The first-order chi connectivity index (χ1) is 9.47. The Morgan fingerprint density at radius 1 is 1.05 bits per heavy atom. The molecule has 0 bridgehead atoms. The number of benzene rings is 1. The zero-order chi connectivity index (χ0) is 14.7. The quantitative estimate of drug-likeness (QED) is 0.800. The summed E-state index contributed by atoms with van der Waals surface area (Å²) in [6, 6.07) is 6.88. The molecule has 1 aromatic heterocycles. The molecule has 2 amide bonds. The van der Waals surface area contributed by atoms with E-state index in [1.54, 1.807) is 24.3 Å². The summed E-state index contributed by atoms with van der Waals surface area (Å²) in [4.78, 5) is 23.0. The number of aromatic amines is 1. The fraction of sp³-hybridized carbons (Fsp3) is 0.214. The van der Waals surface area contributed by atoms with E-state index >= 15 is 0 Å². The Hall–Kier alpha value is -2.63. The molecule has 0 atom stereocenters. The molecular weight excluding hydrogens is 256 g/mol. The van der Waals surface area contributed by atoms with Crippen LogP contribution in [0.25, 0.3) is 0 Å². The average molecular weight is 272 g/mol. The van der Waals surface area contributed by atoms with Crippen LogP contribution in [-0.4, -0.2) is 22.0 Å². The van der Waals surface area contributed by atoms with Gasteiger partial charge in [0, 0.05) is 29.6 Å². The van der Waals surface area contributed by atoms with E-state index in [-0.39, 0.29) is 11.8 Å². The van der Waals surface area contributed by atoms with E-state index in [9.17, 15) is 9.59 Å². The summed E-state index contributed by atoms with van der Waals surface area (Å²) >= 11 is 0. The van der Waals surface area contributed by atoms with Gasteiger partial charge in [0.2, 0.25) is 5.91 Å². The van der Waals surface area contributed by atoms with Gasteiger partial charge < -0.3 is 10.6 Å². The Kier molecular flexibility index (Phi) is 3.84. The Morgan fingerprint density at radius 3 is 2.05 bits per heavy atom. The van der Waals surface area contributed by atoms with Crippen LogP contribution in [0.2, 0.25) is 0 Å². The molecule has 0 aliphatic carbocycles. The van der Waals surface area contributed by atoms with E-state index in [2.05, 4.69) is 20.8 Å². The topological polar surface area (TPSA) is 86.9 Å². The molecule has 0 aliphatic heterocycles. The lowest BCUT2D eigenvalue weighted by Gasteiger charge is -2.06. The van der Waals surface area contributed by atoms with Gasteiger partial charge in [0.25, 0.3) is 5.91 Å². The molecule has 0 radical (unpaired) electrons. The van der Waals surface area contributed by atoms with Crippen LogP contribution >= 0.6 is 0 Å². The first-order valence-electron chi connectivity index (χ1n) is 6.18. The van der Waals surface area contributed by atoms with Crippen molar-refractivity contribution in [3.63, 3.8) is 0 Å². The maximum Gasteiger partial charge on any atom is 0.276 e. The van der Waals surface area contributed by atoms with Gasteiger partial charge in [-0.05, 0) is 38.1 Å². The van der Waals surface area contributed by atoms with Crippen molar-refractivity contribution in [2.24, 2.45) is 0 Å². The van der Waals surface area contributed by atoms with Crippen LogP contribution in [0.1, 0.15) is 28.7 Å². The number of carbonyl (C=O) groups excluding carboxylic acids is 2. The fourth-order valence-electron chi connectivity index (χ4n) is 1.74. The zero-order valence-corrected chi connectivity index (χ0v) is 11.6. The molecule has 3 N–H and O–H groups in total. The van der Waals surface area contributed by atoms with E-state index in [1.165, 1.54) is 6.92 Å². The predicted molar refractivity (Wildman–Crippen MR) is 76.8 cm³/mol. The second-order valence-electron chi connectivity index (χ2n) is 4.53. The van der Waals surface area contributed by atoms with Gasteiger partial charge in [-0.3, -0.25) is 14.7 Å². The van der Waals surface area contributed by atoms with E-state index in [0.717, 1.165) is 11.3 Å². The minimum atomic E-state index is -0.265. The summed E-state index contributed by atoms with van der Waals surface area (Å²) in [6.07, 6.45) is 0. The van der Waals surface area contributed by atoms with E-state index in [4.69, 9.17) is 0 Å². The average Bonchev–Trinajstić information content (AvgIpc) is 2.72. The smallest absolute Gasteiger partial charge is 0.276 e. The Balaban J connectivity index is 2.08. The second-order valence-corrected chi connectivity index (χ2v) is 4.53. The largest absolute Gasteiger partial charge is 0.326 e. The molecule has 20 heavy (non-hydrogen) atoms. The SMILES string of the molecule is CC(=O)Nc1ccc(NC(=O)c2n[nH]c(C)c2C)cc1. The molecule has 1 aromatic carbocycles. The molecule has 104 valence electrons. The summed E-state index contributed by atoms with van der Waals surface area (Å²) in [5.41, 5.74) is 3.41. The number of aromatic nitrogens is 2. The highest BCUT2D eigenvalue weighted by atomic mass is 16.2. The van der Waals surface area contributed by atoms with E-state index < -0.39 is 0 Å². The number of amides is 2. The summed E-state index contributed by atoms with van der Waals surface area (Å²) < 4.78 is 0. The molecule has 6 heteroatoms.